The third kappa shape index (κ3) is 3.45. The predicted octanol–water partition coefficient (Wildman–Crippen LogP) is 2.25. The number of rotatable bonds is 6. The number of nitrogens with one attached hydrogen (secondary N) is 1. The second kappa shape index (κ2) is 6.87. The summed E-state index contributed by atoms with van der Waals surface area (Å²) < 4.78 is 7.19. The second-order valence-electron chi connectivity index (χ2n) is 5.04. The van der Waals surface area contributed by atoms with Gasteiger partial charge in [0.1, 0.15) is 5.75 Å². The molecule has 0 aliphatic rings. The summed E-state index contributed by atoms with van der Waals surface area (Å²) in [5.41, 5.74) is 0. The van der Waals surface area contributed by atoms with Crippen LogP contribution in [0.1, 0.15) is 13.3 Å². The Kier molecular flexibility index (Phi) is 4.46. The molecule has 0 spiro atoms. The van der Waals surface area contributed by atoms with E-state index in [0.717, 1.165) is 17.2 Å². The third-order valence-corrected chi connectivity index (χ3v) is 3.33. The molecule has 118 valence electrons. The molecule has 0 fully saturated rings. The molecule has 1 N–H and O–H groups in total. The van der Waals surface area contributed by atoms with Crippen LogP contribution in [0.3, 0.4) is 0 Å². The first kappa shape index (κ1) is 15.0. The van der Waals surface area contributed by atoms with Gasteiger partial charge in [-0.15, -0.1) is 0 Å². The number of amides is 1. The maximum atomic E-state index is 12.0. The summed E-state index contributed by atoms with van der Waals surface area (Å²) in [6, 6.07) is 13.6. The Hall–Kier alpha value is -2.96. The first-order valence-electron chi connectivity index (χ1n) is 7.44. The highest BCUT2D eigenvalue weighted by molar-refractivity contribution is 5.91. The van der Waals surface area contributed by atoms with Gasteiger partial charge in [-0.05, 0) is 28.3 Å². The van der Waals surface area contributed by atoms with Crippen molar-refractivity contribution in [3.63, 3.8) is 0 Å². The summed E-state index contributed by atoms with van der Waals surface area (Å²) in [7, 11) is 0. The number of hydrogen-bond acceptors (Lipinski definition) is 5. The fourth-order valence-electron chi connectivity index (χ4n) is 2.28. The molecule has 1 aromatic heterocycles. The average Bonchev–Trinajstić information content (AvgIpc) is 3.00. The van der Waals surface area contributed by atoms with E-state index in [-0.39, 0.29) is 12.5 Å². The normalized spacial score (nSPS) is 10.7. The van der Waals surface area contributed by atoms with E-state index in [2.05, 4.69) is 20.8 Å². The molecule has 3 rings (SSSR count). The van der Waals surface area contributed by atoms with Gasteiger partial charge in [0.25, 0.3) is 5.91 Å². The molecular weight excluding hydrogens is 294 g/mol. The number of carbonyl (C=O) groups excluding carboxylic acids is 1. The van der Waals surface area contributed by atoms with Crippen LogP contribution in [-0.4, -0.2) is 32.7 Å². The SMILES string of the molecule is CCCn1nnnc1NC(=O)COc1cccc2ccccc12. The largest absolute Gasteiger partial charge is 0.483 e. The van der Waals surface area contributed by atoms with Crippen molar-refractivity contribution in [3.05, 3.63) is 42.5 Å². The van der Waals surface area contributed by atoms with Gasteiger partial charge in [0.2, 0.25) is 5.95 Å². The van der Waals surface area contributed by atoms with Gasteiger partial charge in [0, 0.05) is 11.9 Å². The van der Waals surface area contributed by atoms with Crippen LogP contribution in [0.4, 0.5) is 5.95 Å². The van der Waals surface area contributed by atoms with Gasteiger partial charge in [-0.25, -0.2) is 4.68 Å². The first-order chi connectivity index (χ1) is 11.3. The number of fused-ring (bicyclic) bond motifs is 1. The van der Waals surface area contributed by atoms with E-state index >= 15 is 0 Å². The lowest BCUT2D eigenvalue weighted by Gasteiger charge is -2.09. The van der Waals surface area contributed by atoms with Crippen LogP contribution in [0.5, 0.6) is 5.75 Å². The van der Waals surface area contributed by atoms with Crippen molar-refractivity contribution in [2.45, 2.75) is 19.9 Å². The molecule has 1 heterocycles. The summed E-state index contributed by atoms with van der Waals surface area (Å²) in [6.45, 7) is 2.55. The summed E-state index contributed by atoms with van der Waals surface area (Å²) in [6.07, 6.45) is 0.875. The molecule has 7 heteroatoms. The number of benzene rings is 2. The van der Waals surface area contributed by atoms with Gasteiger partial charge >= 0.3 is 0 Å². The highest BCUT2D eigenvalue weighted by Crippen LogP contribution is 2.24. The zero-order valence-corrected chi connectivity index (χ0v) is 12.8. The summed E-state index contributed by atoms with van der Waals surface area (Å²) >= 11 is 0. The quantitative estimate of drug-likeness (QED) is 0.755. The average molecular weight is 311 g/mol. The highest BCUT2D eigenvalue weighted by atomic mass is 16.5. The molecule has 0 bridgehead atoms. The number of aromatic nitrogens is 4. The van der Waals surface area contributed by atoms with Crippen molar-refractivity contribution in [3.8, 4) is 5.75 Å². The van der Waals surface area contributed by atoms with Gasteiger partial charge in [0.15, 0.2) is 6.61 Å². The molecule has 0 aliphatic carbocycles. The fourth-order valence-corrected chi connectivity index (χ4v) is 2.28. The van der Waals surface area contributed by atoms with E-state index in [1.165, 1.54) is 0 Å². The third-order valence-electron chi connectivity index (χ3n) is 3.33. The minimum Gasteiger partial charge on any atom is -0.483 e. The molecular formula is C16H17N5O2. The highest BCUT2D eigenvalue weighted by Gasteiger charge is 2.11. The molecule has 0 aliphatic heterocycles. The number of nitrogens with zero attached hydrogens (tertiary/aromatic N) is 4. The van der Waals surface area contributed by atoms with Gasteiger partial charge in [-0.1, -0.05) is 48.4 Å². The fraction of sp³-hybridized carbons (Fsp3) is 0.250. The van der Waals surface area contributed by atoms with Crippen LogP contribution in [0, 0.1) is 0 Å². The van der Waals surface area contributed by atoms with Crippen LogP contribution in [0.25, 0.3) is 10.8 Å². The maximum Gasteiger partial charge on any atom is 0.264 e. The molecule has 0 saturated heterocycles. The standard InChI is InChI=1S/C16H17N5O2/c1-2-10-21-16(18-19-20-21)17-15(22)11-23-14-9-5-7-12-6-3-4-8-13(12)14/h3-9H,2,10-11H2,1H3,(H,17,18,20,22). The lowest BCUT2D eigenvalue weighted by atomic mass is 10.1. The van der Waals surface area contributed by atoms with Crippen LogP contribution in [0.15, 0.2) is 42.5 Å². The first-order valence-corrected chi connectivity index (χ1v) is 7.44. The van der Waals surface area contributed by atoms with Crippen molar-refractivity contribution in [2.75, 3.05) is 11.9 Å². The number of hydrogen-bond donors (Lipinski definition) is 1. The van der Waals surface area contributed by atoms with Crippen LogP contribution in [-0.2, 0) is 11.3 Å². The van der Waals surface area contributed by atoms with Crippen LogP contribution >= 0.6 is 0 Å². The topological polar surface area (TPSA) is 81.9 Å². The molecule has 2 aromatic carbocycles. The van der Waals surface area contributed by atoms with E-state index in [4.69, 9.17) is 4.74 Å². The number of tetrazole rings is 1. The van der Waals surface area contributed by atoms with Crippen molar-refractivity contribution in [1.29, 1.82) is 0 Å². The number of aryl methyl sites for hydroxylation is 1. The molecule has 23 heavy (non-hydrogen) atoms. The molecule has 0 radical (unpaired) electrons. The second-order valence-corrected chi connectivity index (χ2v) is 5.04. The van der Waals surface area contributed by atoms with E-state index in [1.807, 2.05) is 49.4 Å². The van der Waals surface area contributed by atoms with Crippen molar-refractivity contribution in [2.24, 2.45) is 0 Å². The smallest absolute Gasteiger partial charge is 0.264 e. The van der Waals surface area contributed by atoms with Crippen LogP contribution in [0.2, 0.25) is 0 Å². The van der Waals surface area contributed by atoms with Gasteiger partial charge in [-0.2, -0.15) is 0 Å². The summed E-state index contributed by atoms with van der Waals surface area (Å²) in [5.74, 6) is 0.704. The van der Waals surface area contributed by atoms with Gasteiger partial charge in [-0.3, -0.25) is 10.1 Å². The number of ether oxygens (including phenoxy) is 1. The molecule has 7 nitrogen and oxygen atoms in total. The molecule has 3 aromatic rings. The summed E-state index contributed by atoms with van der Waals surface area (Å²) in [4.78, 5) is 12.0. The Morgan fingerprint density at radius 1 is 1.22 bits per heavy atom. The Morgan fingerprint density at radius 2 is 2.04 bits per heavy atom. The van der Waals surface area contributed by atoms with E-state index in [9.17, 15) is 4.79 Å². The number of anilines is 1. The Balaban J connectivity index is 1.65. The molecule has 0 unspecified atom stereocenters. The minimum absolute atomic E-state index is 0.104. The van der Waals surface area contributed by atoms with E-state index in [0.29, 0.717) is 18.2 Å². The number of carbonyl (C=O) groups is 1. The Bertz CT molecular complexity index is 810. The van der Waals surface area contributed by atoms with Crippen LogP contribution < -0.4 is 10.1 Å². The Morgan fingerprint density at radius 3 is 2.91 bits per heavy atom. The molecule has 1 amide bonds. The predicted molar refractivity (Wildman–Crippen MR) is 86.2 cm³/mol. The lowest BCUT2D eigenvalue weighted by Crippen LogP contribution is -2.22. The monoisotopic (exact) mass is 311 g/mol. The van der Waals surface area contributed by atoms with E-state index in [1.54, 1.807) is 4.68 Å². The van der Waals surface area contributed by atoms with Gasteiger partial charge in [0.05, 0.1) is 0 Å². The van der Waals surface area contributed by atoms with Crippen molar-refractivity contribution in [1.82, 2.24) is 20.2 Å². The zero-order valence-electron chi connectivity index (χ0n) is 12.8. The van der Waals surface area contributed by atoms with E-state index < -0.39 is 0 Å². The minimum atomic E-state index is -0.301. The molecule has 0 saturated carbocycles. The zero-order chi connectivity index (χ0) is 16.1. The molecule has 0 atom stereocenters. The van der Waals surface area contributed by atoms with Crippen molar-refractivity contribution >= 4 is 22.6 Å². The Labute approximate surface area is 133 Å². The van der Waals surface area contributed by atoms with Gasteiger partial charge < -0.3 is 4.74 Å². The lowest BCUT2D eigenvalue weighted by molar-refractivity contribution is -0.118. The van der Waals surface area contributed by atoms with Crippen molar-refractivity contribution < 1.29 is 9.53 Å². The summed E-state index contributed by atoms with van der Waals surface area (Å²) in [5, 5.41) is 15.9. The maximum absolute atomic E-state index is 12.0.